The second-order valence-electron chi connectivity index (χ2n) is 5.08. The molecule has 7 heteroatoms. The summed E-state index contributed by atoms with van der Waals surface area (Å²) in [6, 6.07) is 0. The van der Waals surface area contributed by atoms with Crippen LogP contribution in [0.3, 0.4) is 0 Å². The summed E-state index contributed by atoms with van der Waals surface area (Å²) < 4.78 is 1.60. The van der Waals surface area contributed by atoms with E-state index in [1.165, 1.54) is 6.33 Å². The minimum Gasteiger partial charge on any atom is -0.308 e. The molecule has 3 N–H and O–H groups in total. The van der Waals surface area contributed by atoms with Gasteiger partial charge in [-0.2, -0.15) is 5.10 Å². The first kappa shape index (κ1) is 12.4. The molecule has 96 valence electrons. The fourth-order valence-electron chi connectivity index (χ4n) is 1.52. The molecule has 7 nitrogen and oxygen atoms in total. The van der Waals surface area contributed by atoms with Gasteiger partial charge in [-0.25, -0.2) is 25.5 Å². The van der Waals surface area contributed by atoms with Gasteiger partial charge in [0.2, 0.25) is 0 Å². The number of hydrazine groups is 1. The lowest BCUT2D eigenvalue weighted by Gasteiger charge is -2.19. The van der Waals surface area contributed by atoms with Crippen molar-refractivity contribution in [1.82, 2.24) is 24.7 Å². The van der Waals surface area contributed by atoms with Gasteiger partial charge in [-0.15, -0.1) is 0 Å². The zero-order valence-electron chi connectivity index (χ0n) is 11.0. The highest BCUT2D eigenvalue weighted by Gasteiger charge is 2.21. The molecule has 0 unspecified atom stereocenters. The molecule has 18 heavy (non-hydrogen) atoms. The topological polar surface area (TPSA) is 94.5 Å². The van der Waals surface area contributed by atoms with Crippen LogP contribution in [-0.2, 0) is 5.41 Å². The van der Waals surface area contributed by atoms with Crippen molar-refractivity contribution in [3.05, 3.63) is 24.0 Å². The quantitative estimate of drug-likeness (QED) is 0.606. The Balaban J connectivity index is 2.65. The summed E-state index contributed by atoms with van der Waals surface area (Å²) >= 11 is 0. The molecule has 0 spiro atoms. The van der Waals surface area contributed by atoms with Crippen molar-refractivity contribution in [2.45, 2.75) is 33.1 Å². The molecule has 0 atom stereocenters. The summed E-state index contributed by atoms with van der Waals surface area (Å²) in [5.41, 5.74) is 3.26. The van der Waals surface area contributed by atoms with Crippen LogP contribution in [0.2, 0.25) is 0 Å². The summed E-state index contributed by atoms with van der Waals surface area (Å²) in [6.07, 6.45) is 3.07. The number of hydrogen-bond acceptors (Lipinski definition) is 6. The van der Waals surface area contributed by atoms with Crippen molar-refractivity contribution in [2.75, 3.05) is 5.43 Å². The van der Waals surface area contributed by atoms with Crippen LogP contribution in [0, 0.1) is 6.92 Å². The van der Waals surface area contributed by atoms with E-state index in [1.807, 2.05) is 27.7 Å². The molecule has 0 aliphatic carbocycles. The summed E-state index contributed by atoms with van der Waals surface area (Å²) in [5, 5.41) is 4.09. The number of nitrogens with two attached hydrogens (primary N) is 1. The molecule has 2 aromatic rings. The fraction of sp³-hybridized carbons (Fsp3) is 0.455. The predicted octanol–water partition coefficient (Wildman–Crippen LogP) is 0.949. The summed E-state index contributed by atoms with van der Waals surface area (Å²) in [5.74, 6) is 7.48. The number of aromatic nitrogens is 5. The summed E-state index contributed by atoms with van der Waals surface area (Å²) in [4.78, 5) is 12.9. The lowest BCUT2D eigenvalue weighted by Crippen LogP contribution is -2.21. The molecule has 0 radical (unpaired) electrons. The van der Waals surface area contributed by atoms with E-state index in [-0.39, 0.29) is 5.41 Å². The summed E-state index contributed by atoms with van der Waals surface area (Å²) in [6.45, 7) is 8.02. The zero-order valence-corrected chi connectivity index (χ0v) is 11.0. The Hall–Kier alpha value is -2.02. The van der Waals surface area contributed by atoms with Gasteiger partial charge in [-0.1, -0.05) is 20.8 Å². The monoisotopic (exact) mass is 247 g/mol. The molecule has 2 aromatic heterocycles. The molecule has 0 bridgehead atoms. The molecule has 0 amide bonds. The van der Waals surface area contributed by atoms with Crippen molar-refractivity contribution in [3.63, 3.8) is 0 Å². The predicted molar refractivity (Wildman–Crippen MR) is 68.2 cm³/mol. The van der Waals surface area contributed by atoms with Gasteiger partial charge < -0.3 is 5.43 Å². The SMILES string of the molecule is Cc1c(NN)nc(C(C)(C)C)nc1-n1cncn1. The van der Waals surface area contributed by atoms with E-state index in [2.05, 4.69) is 25.5 Å². The molecule has 2 heterocycles. The van der Waals surface area contributed by atoms with Crippen LogP contribution in [0.15, 0.2) is 12.7 Å². The smallest absolute Gasteiger partial charge is 0.163 e. The number of nitrogens with zero attached hydrogens (tertiary/aromatic N) is 5. The Morgan fingerprint density at radius 1 is 1.28 bits per heavy atom. The third kappa shape index (κ3) is 2.17. The first-order chi connectivity index (χ1) is 8.43. The van der Waals surface area contributed by atoms with E-state index in [9.17, 15) is 0 Å². The number of nitrogens with one attached hydrogen (secondary N) is 1. The third-order valence-electron chi connectivity index (χ3n) is 2.56. The molecular weight excluding hydrogens is 230 g/mol. The maximum Gasteiger partial charge on any atom is 0.163 e. The molecule has 0 aromatic carbocycles. The van der Waals surface area contributed by atoms with E-state index in [4.69, 9.17) is 5.84 Å². The molecular formula is C11H17N7. The zero-order chi connectivity index (χ0) is 13.3. The van der Waals surface area contributed by atoms with Gasteiger partial charge in [0, 0.05) is 11.0 Å². The molecule has 2 rings (SSSR count). The molecule has 0 aliphatic heterocycles. The van der Waals surface area contributed by atoms with E-state index in [0.29, 0.717) is 17.5 Å². The van der Waals surface area contributed by atoms with E-state index < -0.39 is 0 Å². The minimum absolute atomic E-state index is 0.172. The average Bonchev–Trinajstić information content (AvgIpc) is 2.81. The third-order valence-corrected chi connectivity index (χ3v) is 2.56. The van der Waals surface area contributed by atoms with Crippen LogP contribution in [0.4, 0.5) is 5.82 Å². The standard InChI is InChI=1S/C11H17N7/c1-7-8(17-12)15-10(11(2,3)4)16-9(7)18-6-13-5-14-18/h5-6H,12H2,1-4H3,(H,15,16,17). The van der Waals surface area contributed by atoms with Crippen LogP contribution in [0.5, 0.6) is 0 Å². The molecule has 0 saturated carbocycles. The normalized spacial score (nSPS) is 11.6. The van der Waals surface area contributed by atoms with E-state index in [0.717, 1.165) is 5.56 Å². The molecule has 0 aliphatic rings. The van der Waals surface area contributed by atoms with E-state index >= 15 is 0 Å². The van der Waals surface area contributed by atoms with Crippen LogP contribution in [-0.4, -0.2) is 24.7 Å². The van der Waals surface area contributed by atoms with Crippen molar-refractivity contribution in [2.24, 2.45) is 5.84 Å². The van der Waals surface area contributed by atoms with Crippen LogP contribution in [0.25, 0.3) is 5.82 Å². The minimum atomic E-state index is -0.172. The van der Waals surface area contributed by atoms with Crippen molar-refractivity contribution < 1.29 is 0 Å². The number of nitrogen functional groups attached to an aromatic ring is 1. The van der Waals surface area contributed by atoms with Crippen molar-refractivity contribution in [3.8, 4) is 5.82 Å². The largest absolute Gasteiger partial charge is 0.308 e. The van der Waals surface area contributed by atoms with E-state index in [1.54, 1.807) is 11.0 Å². The van der Waals surface area contributed by atoms with Crippen LogP contribution < -0.4 is 11.3 Å². The second-order valence-corrected chi connectivity index (χ2v) is 5.08. The van der Waals surface area contributed by atoms with Gasteiger partial charge in [0.25, 0.3) is 0 Å². The second kappa shape index (κ2) is 4.34. The first-order valence-electron chi connectivity index (χ1n) is 5.64. The van der Waals surface area contributed by atoms with Gasteiger partial charge in [0.1, 0.15) is 24.3 Å². The van der Waals surface area contributed by atoms with Crippen LogP contribution >= 0.6 is 0 Å². The fourth-order valence-corrected chi connectivity index (χ4v) is 1.52. The Kier molecular flexibility index (Phi) is 3.00. The lowest BCUT2D eigenvalue weighted by molar-refractivity contribution is 0.542. The Labute approximate surface area is 105 Å². The van der Waals surface area contributed by atoms with Crippen molar-refractivity contribution in [1.29, 1.82) is 0 Å². The maximum absolute atomic E-state index is 5.50. The first-order valence-corrected chi connectivity index (χ1v) is 5.64. The molecule has 0 fully saturated rings. The highest BCUT2D eigenvalue weighted by atomic mass is 15.4. The van der Waals surface area contributed by atoms with Crippen LogP contribution in [0.1, 0.15) is 32.2 Å². The Morgan fingerprint density at radius 3 is 2.50 bits per heavy atom. The Morgan fingerprint density at radius 2 is 2.00 bits per heavy atom. The van der Waals surface area contributed by atoms with Crippen molar-refractivity contribution >= 4 is 5.82 Å². The summed E-state index contributed by atoms with van der Waals surface area (Å²) in [7, 11) is 0. The number of anilines is 1. The Bertz CT molecular complexity index is 539. The van der Waals surface area contributed by atoms with Gasteiger partial charge in [-0.3, -0.25) is 0 Å². The highest BCUT2D eigenvalue weighted by Crippen LogP contribution is 2.24. The van der Waals surface area contributed by atoms with Gasteiger partial charge >= 0.3 is 0 Å². The highest BCUT2D eigenvalue weighted by molar-refractivity contribution is 5.50. The number of rotatable bonds is 2. The lowest BCUT2D eigenvalue weighted by atomic mass is 9.95. The van der Waals surface area contributed by atoms with Gasteiger partial charge in [0.05, 0.1) is 0 Å². The molecule has 0 saturated heterocycles. The van der Waals surface area contributed by atoms with Gasteiger partial charge in [0.15, 0.2) is 5.82 Å². The maximum atomic E-state index is 5.50. The number of hydrogen-bond donors (Lipinski definition) is 2. The van der Waals surface area contributed by atoms with Gasteiger partial charge in [-0.05, 0) is 6.92 Å². The average molecular weight is 247 g/mol.